The highest BCUT2D eigenvalue weighted by Gasteiger charge is 2.57. The lowest BCUT2D eigenvalue weighted by atomic mass is 9.94. The van der Waals surface area contributed by atoms with Gasteiger partial charge in [0.1, 0.15) is 48.8 Å². The number of amides is 2. The third-order valence-electron chi connectivity index (χ3n) is 12.7. The molecule has 3 heterocycles. The number of hydrogen-bond donors (Lipinski definition) is 1. The van der Waals surface area contributed by atoms with Gasteiger partial charge in [-0.25, -0.2) is 0 Å². The maximum Gasteiger partial charge on any atom is 0.262 e. The number of hydrogen-bond acceptors (Lipinski definition) is 12. The highest BCUT2D eigenvalue weighted by atomic mass is 16.7. The van der Waals surface area contributed by atoms with E-state index in [1.54, 1.807) is 24.3 Å². The number of ether oxygens (including phenoxy) is 9. The molecule has 1 N–H and O–H groups in total. The first-order chi connectivity index (χ1) is 34.9. The predicted octanol–water partition coefficient (Wildman–Crippen LogP) is 8.24. The Morgan fingerprint density at radius 3 is 1.32 bits per heavy atom. The molecule has 6 aromatic carbocycles. The zero-order chi connectivity index (χ0) is 48.8. The number of imide groups is 1. The second-order valence-corrected chi connectivity index (χ2v) is 17.6. The van der Waals surface area contributed by atoms with Crippen LogP contribution in [0.2, 0.25) is 0 Å². The Balaban J connectivity index is 1.11. The topological polar surface area (TPSA) is 141 Å². The van der Waals surface area contributed by atoms with Crippen molar-refractivity contribution in [1.29, 1.82) is 0 Å². The van der Waals surface area contributed by atoms with Crippen LogP contribution in [0.25, 0.3) is 0 Å². The highest BCUT2D eigenvalue weighted by Crippen LogP contribution is 2.38. The number of benzene rings is 6. The van der Waals surface area contributed by atoms with Gasteiger partial charge >= 0.3 is 0 Å². The van der Waals surface area contributed by atoms with E-state index in [2.05, 4.69) is 6.58 Å². The first kappa shape index (κ1) is 49.8. The smallest absolute Gasteiger partial charge is 0.262 e. The molecule has 2 amide bonds. The van der Waals surface area contributed by atoms with Crippen LogP contribution in [0, 0.1) is 0 Å². The van der Waals surface area contributed by atoms with Crippen molar-refractivity contribution in [3.05, 3.63) is 228 Å². The molecule has 2 saturated heterocycles. The lowest BCUT2D eigenvalue weighted by Crippen LogP contribution is -2.69. The molecule has 0 bridgehead atoms. The van der Waals surface area contributed by atoms with E-state index < -0.39 is 73.2 Å². The molecule has 0 radical (unpaired) electrons. The Labute approximate surface area is 414 Å². The molecular weight excluding hydrogens is 903 g/mol. The number of carbonyl (C=O) groups excluding carboxylic acids is 2. The van der Waals surface area contributed by atoms with E-state index in [4.69, 9.17) is 42.6 Å². The van der Waals surface area contributed by atoms with Crippen LogP contribution in [0.5, 0.6) is 0 Å². The third kappa shape index (κ3) is 12.5. The van der Waals surface area contributed by atoms with Crippen molar-refractivity contribution in [3.8, 4) is 0 Å². The highest BCUT2D eigenvalue weighted by molar-refractivity contribution is 6.21. The van der Waals surface area contributed by atoms with Gasteiger partial charge in [0.25, 0.3) is 11.8 Å². The standard InChI is InChI=1S/C58H59NO12/c1-2-32-65-57-49(59-55(61)45-30-18-19-31-46(45)56(59)62)52(50(60)47(69-57)38-63-33-40-20-8-3-9-21-40)71-58-54(68-37-44-28-16-7-17-29-44)53(67-36-43-26-14-6-15-27-43)51(66-35-42-24-12-5-13-25-42)48(70-58)39-64-34-41-22-10-4-11-23-41/h2-31,47-54,57-58,60H,1,32-39H2/t47-,48-,49-,50-,51-,52+,53+,54-,57+,58-/m1/s1. The van der Waals surface area contributed by atoms with Crippen LogP contribution in [-0.4, -0.2) is 103 Å². The van der Waals surface area contributed by atoms with E-state index >= 15 is 0 Å². The Morgan fingerprint density at radius 1 is 0.465 bits per heavy atom. The van der Waals surface area contributed by atoms with Crippen molar-refractivity contribution < 1.29 is 57.3 Å². The van der Waals surface area contributed by atoms with Gasteiger partial charge in [0.2, 0.25) is 0 Å². The Hall–Kier alpha value is -6.20. The number of aliphatic hydroxyl groups excluding tert-OH is 1. The largest absolute Gasteiger partial charge is 0.388 e. The summed E-state index contributed by atoms with van der Waals surface area (Å²) < 4.78 is 60.5. The van der Waals surface area contributed by atoms with Crippen LogP contribution in [0.4, 0.5) is 0 Å². The molecule has 3 aliphatic rings. The predicted molar refractivity (Wildman–Crippen MR) is 262 cm³/mol. The molecule has 0 saturated carbocycles. The molecule has 13 nitrogen and oxygen atoms in total. The zero-order valence-electron chi connectivity index (χ0n) is 39.3. The monoisotopic (exact) mass is 961 g/mol. The van der Waals surface area contributed by atoms with Crippen LogP contribution in [0.15, 0.2) is 189 Å². The summed E-state index contributed by atoms with van der Waals surface area (Å²) in [6, 6.07) is 53.9. The van der Waals surface area contributed by atoms with Crippen LogP contribution in [-0.2, 0) is 75.7 Å². The summed E-state index contributed by atoms with van der Waals surface area (Å²) in [5, 5.41) is 12.7. The van der Waals surface area contributed by atoms with E-state index in [0.29, 0.717) is 0 Å². The average molecular weight is 962 g/mol. The summed E-state index contributed by atoms with van der Waals surface area (Å²) >= 11 is 0. The second kappa shape index (κ2) is 24.8. The summed E-state index contributed by atoms with van der Waals surface area (Å²) in [5.41, 5.74) is 4.97. The number of nitrogens with zero attached hydrogens (tertiary/aromatic N) is 1. The van der Waals surface area contributed by atoms with Crippen LogP contribution >= 0.6 is 0 Å². The van der Waals surface area contributed by atoms with Gasteiger partial charge in [0.15, 0.2) is 12.6 Å². The van der Waals surface area contributed by atoms with E-state index in [-0.39, 0.29) is 64.0 Å². The van der Waals surface area contributed by atoms with E-state index in [0.717, 1.165) is 32.7 Å². The van der Waals surface area contributed by atoms with Gasteiger partial charge in [-0.3, -0.25) is 14.5 Å². The van der Waals surface area contributed by atoms with Crippen molar-refractivity contribution in [2.75, 3.05) is 19.8 Å². The fourth-order valence-corrected chi connectivity index (χ4v) is 9.13. The van der Waals surface area contributed by atoms with E-state index in [9.17, 15) is 14.7 Å². The van der Waals surface area contributed by atoms with Crippen molar-refractivity contribution in [2.24, 2.45) is 0 Å². The number of rotatable bonds is 23. The van der Waals surface area contributed by atoms with Gasteiger partial charge in [0, 0.05) is 0 Å². The summed E-state index contributed by atoms with van der Waals surface area (Å²) in [6.45, 7) is 4.73. The first-order valence-electron chi connectivity index (χ1n) is 24.0. The number of carbonyl (C=O) groups is 2. The quantitative estimate of drug-likeness (QED) is 0.0489. The molecule has 71 heavy (non-hydrogen) atoms. The molecule has 3 aliphatic heterocycles. The van der Waals surface area contributed by atoms with E-state index in [1.807, 2.05) is 152 Å². The Bertz CT molecular complexity index is 2560. The second-order valence-electron chi connectivity index (χ2n) is 17.6. The molecule has 10 atom stereocenters. The molecule has 9 rings (SSSR count). The van der Waals surface area contributed by atoms with Gasteiger partial charge in [-0.15, -0.1) is 6.58 Å². The zero-order valence-corrected chi connectivity index (χ0v) is 39.3. The SMILES string of the molecule is C=CCO[C@H]1O[C@H](COCc2ccccc2)[C@@H](O)[C@@H](O[C@H]2O[C@H](COCc3ccccc3)[C@@H](OCc3ccccc3)[C@H](OCc3ccccc3)[C@H]2OCc2ccccc2)[C@H]1N1C(=O)c2ccccc2C1=O. The fraction of sp³-hybridized carbons (Fsp3) is 0.310. The Morgan fingerprint density at radius 2 is 0.859 bits per heavy atom. The molecule has 368 valence electrons. The number of aliphatic hydroxyl groups is 1. The van der Waals surface area contributed by atoms with Gasteiger partial charge in [0.05, 0.1) is 64.0 Å². The normalized spacial score (nSPS) is 25.2. The Kier molecular flexibility index (Phi) is 17.4. The van der Waals surface area contributed by atoms with Crippen molar-refractivity contribution >= 4 is 11.8 Å². The summed E-state index contributed by atoms with van der Waals surface area (Å²) in [6.07, 6.45) is -8.74. The summed E-state index contributed by atoms with van der Waals surface area (Å²) in [4.78, 5) is 30.1. The van der Waals surface area contributed by atoms with Gasteiger partial charge < -0.3 is 47.7 Å². The van der Waals surface area contributed by atoms with Crippen LogP contribution in [0.1, 0.15) is 48.5 Å². The maximum atomic E-state index is 14.5. The van der Waals surface area contributed by atoms with Crippen LogP contribution in [0.3, 0.4) is 0 Å². The van der Waals surface area contributed by atoms with Gasteiger partial charge in [-0.05, 0) is 39.9 Å². The average Bonchev–Trinajstić information content (AvgIpc) is 3.66. The van der Waals surface area contributed by atoms with Crippen molar-refractivity contribution in [2.45, 2.75) is 94.4 Å². The molecule has 0 unspecified atom stereocenters. The maximum absolute atomic E-state index is 14.5. The first-order valence-corrected chi connectivity index (χ1v) is 24.0. The molecule has 2 fully saturated rings. The number of fused-ring (bicyclic) bond motifs is 1. The molecule has 0 spiro atoms. The summed E-state index contributed by atoms with van der Waals surface area (Å²) in [5.74, 6) is -1.20. The lowest BCUT2D eigenvalue weighted by molar-refractivity contribution is -0.362. The molecule has 0 aliphatic carbocycles. The molecule has 13 heteroatoms. The van der Waals surface area contributed by atoms with Crippen LogP contribution < -0.4 is 0 Å². The minimum atomic E-state index is -1.52. The van der Waals surface area contributed by atoms with E-state index in [1.165, 1.54) is 6.08 Å². The molecular formula is C58H59NO12. The minimum Gasteiger partial charge on any atom is -0.388 e. The lowest BCUT2D eigenvalue weighted by Gasteiger charge is -2.50. The van der Waals surface area contributed by atoms with Crippen molar-refractivity contribution in [3.63, 3.8) is 0 Å². The summed E-state index contributed by atoms with van der Waals surface area (Å²) in [7, 11) is 0. The fourth-order valence-electron chi connectivity index (χ4n) is 9.13. The van der Waals surface area contributed by atoms with Crippen molar-refractivity contribution in [1.82, 2.24) is 4.90 Å². The van der Waals surface area contributed by atoms with Gasteiger partial charge in [-0.2, -0.15) is 0 Å². The van der Waals surface area contributed by atoms with Gasteiger partial charge in [-0.1, -0.05) is 170 Å². The third-order valence-corrected chi connectivity index (χ3v) is 12.7. The minimum absolute atomic E-state index is 0.0237. The molecule has 0 aromatic heterocycles. The molecule has 6 aromatic rings.